The van der Waals surface area contributed by atoms with Gasteiger partial charge in [0.2, 0.25) is 5.91 Å². The van der Waals surface area contributed by atoms with E-state index in [9.17, 15) is 22.8 Å². The van der Waals surface area contributed by atoms with E-state index in [4.69, 9.17) is 4.74 Å². The maximum atomic E-state index is 13.5. The van der Waals surface area contributed by atoms with Crippen LogP contribution in [-0.4, -0.2) is 68.0 Å². The first kappa shape index (κ1) is 22.6. The van der Waals surface area contributed by atoms with Gasteiger partial charge in [-0.1, -0.05) is 36.4 Å². The second-order valence-electron chi connectivity index (χ2n) is 7.98. The predicted molar refractivity (Wildman–Crippen MR) is 119 cm³/mol. The number of hydrogen-bond acceptors (Lipinski definition) is 7. The lowest BCUT2D eigenvalue weighted by atomic mass is 9.97. The Kier molecular flexibility index (Phi) is 6.73. The first-order valence-corrected chi connectivity index (χ1v) is 13.1. The average Bonchev–Trinajstić information content (AvgIpc) is 3.43. The molecular weight excluding hydrogens is 452 g/mol. The highest BCUT2D eigenvalue weighted by Crippen LogP contribution is 2.27. The normalized spacial score (nSPS) is 21.8. The number of likely N-dealkylation sites (tertiary alicyclic amines) is 1. The minimum Gasteiger partial charge on any atom is -0.368 e. The van der Waals surface area contributed by atoms with Gasteiger partial charge in [-0.2, -0.15) is 0 Å². The summed E-state index contributed by atoms with van der Waals surface area (Å²) in [5.41, 5.74) is 0.598. The Balaban J connectivity index is 1.57. The molecule has 3 unspecified atom stereocenters. The van der Waals surface area contributed by atoms with Crippen molar-refractivity contribution < 1.29 is 27.5 Å². The number of Topliss-reactive ketones (excluding diaryl/α,β-unsaturated/α-hetero) is 1. The lowest BCUT2D eigenvalue weighted by Gasteiger charge is -2.37. The molecular formula is C22H24N2O6S2. The van der Waals surface area contributed by atoms with Gasteiger partial charge in [0.15, 0.2) is 15.6 Å². The summed E-state index contributed by atoms with van der Waals surface area (Å²) in [5, 5.41) is 4.33. The minimum atomic E-state index is -3.74. The largest absolute Gasteiger partial charge is 0.368 e. The SMILES string of the molecule is O=C(NC(CS(=O)(=O)Cc1ccccc1)C(=O)N1CCCC2OCC(=O)C21)c1cccs1. The van der Waals surface area contributed by atoms with E-state index in [1.165, 1.54) is 16.2 Å². The lowest BCUT2D eigenvalue weighted by molar-refractivity contribution is -0.142. The number of fused-ring (bicyclic) bond motifs is 1. The summed E-state index contributed by atoms with van der Waals surface area (Å²) in [7, 11) is -3.74. The van der Waals surface area contributed by atoms with Crippen molar-refractivity contribution in [3.05, 3.63) is 58.3 Å². The highest BCUT2D eigenvalue weighted by Gasteiger charge is 2.46. The van der Waals surface area contributed by atoms with Crippen molar-refractivity contribution in [3.63, 3.8) is 0 Å². The molecule has 0 radical (unpaired) electrons. The molecule has 170 valence electrons. The molecule has 1 N–H and O–H groups in total. The van der Waals surface area contributed by atoms with Crippen LogP contribution in [0, 0.1) is 0 Å². The number of nitrogens with one attached hydrogen (secondary N) is 1. The van der Waals surface area contributed by atoms with Gasteiger partial charge in [-0.25, -0.2) is 8.42 Å². The Hall–Kier alpha value is -2.56. The van der Waals surface area contributed by atoms with Crippen LogP contribution in [0.4, 0.5) is 0 Å². The summed E-state index contributed by atoms with van der Waals surface area (Å²) in [5.74, 6) is -2.09. The van der Waals surface area contributed by atoms with E-state index < -0.39 is 39.5 Å². The van der Waals surface area contributed by atoms with E-state index in [-0.39, 0.29) is 24.2 Å². The zero-order valence-corrected chi connectivity index (χ0v) is 18.9. The molecule has 0 spiro atoms. The van der Waals surface area contributed by atoms with E-state index in [0.29, 0.717) is 29.8 Å². The van der Waals surface area contributed by atoms with Gasteiger partial charge in [-0.05, 0) is 29.9 Å². The Morgan fingerprint density at radius 3 is 2.69 bits per heavy atom. The third-order valence-electron chi connectivity index (χ3n) is 5.63. The molecule has 2 aromatic rings. The minimum absolute atomic E-state index is 0.0579. The molecule has 0 bridgehead atoms. The topological polar surface area (TPSA) is 110 Å². The van der Waals surface area contributed by atoms with Crippen molar-refractivity contribution in [1.82, 2.24) is 10.2 Å². The van der Waals surface area contributed by atoms with Gasteiger partial charge < -0.3 is 15.0 Å². The molecule has 10 heteroatoms. The number of ketones is 1. The summed E-state index contributed by atoms with van der Waals surface area (Å²) >= 11 is 1.20. The van der Waals surface area contributed by atoms with Crippen LogP contribution in [0.1, 0.15) is 28.1 Å². The molecule has 2 aliphatic heterocycles. The van der Waals surface area contributed by atoms with Gasteiger partial charge in [-0.3, -0.25) is 14.4 Å². The summed E-state index contributed by atoms with van der Waals surface area (Å²) in [6.45, 7) is 0.261. The van der Waals surface area contributed by atoms with Gasteiger partial charge >= 0.3 is 0 Å². The fraction of sp³-hybridized carbons (Fsp3) is 0.409. The number of amides is 2. The molecule has 3 atom stereocenters. The molecule has 0 aliphatic carbocycles. The number of carbonyl (C=O) groups excluding carboxylic acids is 3. The van der Waals surface area contributed by atoms with Gasteiger partial charge in [-0.15, -0.1) is 11.3 Å². The van der Waals surface area contributed by atoms with E-state index in [1.54, 1.807) is 47.8 Å². The van der Waals surface area contributed by atoms with Crippen molar-refractivity contribution in [2.75, 3.05) is 18.9 Å². The molecule has 0 saturated carbocycles. The van der Waals surface area contributed by atoms with Crippen molar-refractivity contribution in [1.29, 1.82) is 0 Å². The van der Waals surface area contributed by atoms with Crippen molar-refractivity contribution >= 4 is 38.8 Å². The van der Waals surface area contributed by atoms with Gasteiger partial charge in [0, 0.05) is 6.54 Å². The molecule has 1 aromatic heterocycles. The third kappa shape index (κ3) is 5.08. The molecule has 2 aliphatic rings. The number of sulfone groups is 1. The maximum Gasteiger partial charge on any atom is 0.262 e. The van der Waals surface area contributed by atoms with Crippen molar-refractivity contribution in [3.8, 4) is 0 Å². The average molecular weight is 477 g/mol. The van der Waals surface area contributed by atoms with Crippen LogP contribution >= 0.6 is 11.3 Å². The zero-order valence-electron chi connectivity index (χ0n) is 17.3. The van der Waals surface area contributed by atoms with E-state index in [2.05, 4.69) is 5.32 Å². The summed E-state index contributed by atoms with van der Waals surface area (Å²) < 4.78 is 31.4. The molecule has 4 rings (SSSR count). The maximum absolute atomic E-state index is 13.5. The molecule has 3 heterocycles. The van der Waals surface area contributed by atoms with Gasteiger partial charge in [0.05, 0.1) is 22.5 Å². The quantitative estimate of drug-likeness (QED) is 0.647. The second-order valence-corrected chi connectivity index (χ2v) is 11.0. The first-order chi connectivity index (χ1) is 15.3. The van der Waals surface area contributed by atoms with Crippen LogP contribution in [0.15, 0.2) is 47.8 Å². The van der Waals surface area contributed by atoms with Crippen LogP contribution in [0.2, 0.25) is 0 Å². The number of carbonyl (C=O) groups is 3. The van der Waals surface area contributed by atoms with Crippen LogP contribution in [0.3, 0.4) is 0 Å². The predicted octanol–water partition coefficient (Wildman–Crippen LogP) is 1.42. The van der Waals surface area contributed by atoms with Crippen LogP contribution in [-0.2, 0) is 29.9 Å². The summed E-state index contributed by atoms with van der Waals surface area (Å²) in [6.07, 6.45) is 0.927. The number of ether oxygens (including phenoxy) is 1. The lowest BCUT2D eigenvalue weighted by Crippen LogP contribution is -2.59. The van der Waals surface area contributed by atoms with Crippen LogP contribution in [0.5, 0.6) is 0 Å². The number of rotatable bonds is 7. The number of piperidine rings is 1. The fourth-order valence-electron chi connectivity index (χ4n) is 4.19. The standard InChI is InChI=1S/C22H24N2O6S2/c25-17-12-30-18-8-4-10-24(20(17)18)22(27)16(23-21(26)19-9-5-11-31-19)14-32(28,29)13-15-6-2-1-3-7-15/h1-3,5-7,9,11,16,18,20H,4,8,10,12-14H2,(H,23,26). The van der Waals surface area contributed by atoms with E-state index in [1.807, 2.05) is 0 Å². The van der Waals surface area contributed by atoms with Gasteiger partial charge in [0.1, 0.15) is 18.7 Å². The van der Waals surface area contributed by atoms with Crippen LogP contribution in [0.25, 0.3) is 0 Å². The zero-order chi connectivity index (χ0) is 22.7. The van der Waals surface area contributed by atoms with Crippen molar-refractivity contribution in [2.24, 2.45) is 0 Å². The fourth-order valence-corrected chi connectivity index (χ4v) is 6.37. The Bertz CT molecular complexity index is 1080. The summed E-state index contributed by atoms with van der Waals surface area (Å²) in [6, 6.07) is 9.94. The molecule has 32 heavy (non-hydrogen) atoms. The van der Waals surface area contributed by atoms with Crippen LogP contribution < -0.4 is 5.32 Å². The molecule has 2 amide bonds. The molecule has 2 saturated heterocycles. The van der Waals surface area contributed by atoms with Gasteiger partial charge in [0.25, 0.3) is 5.91 Å². The highest BCUT2D eigenvalue weighted by molar-refractivity contribution is 7.90. The highest BCUT2D eigenvalue weighted by atomic mass is 32.2. The number of hydrogen-bond donors (Lipinski definition) is 1. The number of benzene rings is 1. The van der Waals surface area contributed by atoms with E-state index >= 15 is 0 Å². The smallest absolute Gasteiger partial charge is 0.262 e. The van der Waals surface area contributed by atoms with Crippen molar-refractivity contribution in [2.45, 2.75) is 36.8 Å². The Labute approximate surface area is 190 Å². The third-order valence-corrected chi connectivity index (χ3v) is 8.11. The number of nitrogens with zero attached hydrogens (tertiary/aromatic N) is 1. The Morgan fingerprint density at radius 1 is 1.19 bits per heavy atom. The second kappa shape index (κ2) is 9.51. The van der Waals surface area contributed by atoms with E-state index in [0.717, 1.165) is 0 Å². The Morgan fingerprint density at radius 2 is 1.97 bits per heavy atom. The summed E-state index contributed by atoms with van der Waals surface area (Å²) in [4.78, 5) is 40.3. The molecule has 8 nitrogen and oxygen atoms in total. The molecule has 1 aromatic carbocycles. The number of thiophene rings is 1. The molecule has 2 fully saturated rings. The first-order valence-electron chi connectivity index (χ1n) is 10.4. The monoisotopic (exact) mass is 476 g/mol.